The molecule has 0 bridgehead atoms. The third kappa shape index (κ3) is 2.52. The van der Waals surface area contributed by atoms with Crippen LogP contribution in [0.5, 0.6) is 0 Å². The molecule has 0 amide bonds. The van der Waals surface area contributed by atoms with Gasteiger partial charge in [0.05, 0.1) is 5.56 Å². The van der Waals surface area contributed by atoms with E-state index < -0.39 is 11.6 Å². The first-order valence-corrected chi connectivity index (χ1v) is 5.67. The fourth-order valence-electron chi connectivity index (χ4n) is 1.84. The van der Waals surface area contributed by atoms with Crippen LogP contribution in [0.3, 0.4) is 0 Å². The summed E-state index contributed by atoms with van der Waals surface area (Å²) in [4.78, 5) is 0. The SMILES string of the molecule is CCCc1ccc(-c2c(F)[c]ccc2F)cc1. The fraction of sp³-hybridized carbons (Fsp3) is 0.200. The summed E-state index contributed by atoms with van der Waals surface area (Å²) >= 11 is 0. The van der Waals surface area contributed by atoms with Crippen LogP contribution < -0.4 is 0 Å². The highest BCUT2D eigenvalue weighted by Crippen LogP contribution is 2.25. The molecule has 0 aliphatic rings. The lowest BCUT2D eigenvalue weighted by Gasteiger charge is -2.06. The van der Waals surface area contributed by atoms with Crippen molar-refractivity contribution in [3.05, 3.63) is 59.7 Å². The van der Waals surface area contributed by atoms with Crippen LogP contribution >= 0.6 is 0 Å². The summed E-state index contributed by atoms with van der Waals surface area (Å²) in [6.45, 7) is 2.10. The predicted octanol–water partition coefficient (Wildman–Crippen LogP) is 4.38. The Morgan fingerprint density at radius 2 is 1.76 bits per heavy atom. The molecule has 0 N–H and O–H groups in total. The van der Waals surface area contributed by atoms with Gasteiger partial charge in [-0.3, -0.25) is 0 Å². The molecule has 0 aliphatic heterocycles. The van der Waals surface area contributed by atoms with E-state index in [4.69, 9.17) is 0 Å². The third-order valence-electron chi connectivity index (χ3n) is 2.68. The van der Waals surface area contributed by atoms with Gasteiger partial charge >= 0.3 is 0 Å². The lowest BCUT2D eigenvalue weighted by Crippen LogP contribution is -1.90. The Morgan fingerprint density at radius 1 is 1.06 bits per heavy atom. The van der Waals surface area contributed by atoms with Crippen LogP contribution in [0.15, 0.2) is 36.4 Å². The molecule has 0 atom stereocenters. The second kappa shape index (κ2) is 5.09. The summed E-state index contributed by atoms with van der Waals surface area (Å²) in [6.07, 6.45) is 2.04. The summed E-state index contributed by atoms with van der Waals surface area (Å²) in [6, 6.07) is 12.2. The second-order valence-corrected chi connectivity index (χ2v) is 3.96. The molecule has 0 heterocycles. The maximum absolute atomic E-state index is 13.5. The minimum Gasteiger partial charge on any atom is -0.206 e. The molecule has 0 aliphatic carbocycles. The monoisotopic (exact) mass is 231 g/mol. The van der Waals surface area contributed by atoms with Crippen LogP contribution in [0.1, 0.15) is 18.9 Å². The molecule has 2 heteroatoms. The molecule has 2 aromatic carbocycles. The molecule has 0 saturated carbocycles. The Labute approximate surface area is 99.9 Å². The largest absolute Gasteiger partial charge is 0.206 e. The number of halogens is 2. The predicted molar refractivity (Wildman–Crippen MR) is 64.6 cm³/mol. The van der Waals surface area contributed by atoms with Crippen LogP contribution in [0, 0.1) is 17.7 Å². The Bertz CT molecular complexity index is 481. The molecule has 0 saturated heterocycles. The van der Waals surface area contributed by atoms with Crippen LogP contribution in [0.25, 0.3) is 11.1 Å². The molecule has 2 aromatic rings. The van der Waals surface area contributed by atoms with Crippen molar-refractivity contribution in [3.63, 3.8) is 0 Å². The molecule has 17 heavy (non-hydrogen) atoms. The van der Waals surface area contributed by atoms with Gasteiger partial charge in [0.15, 0.2) is 0 Å². The van der Waals surface area contributed by atoms with Crippen LogP contribution in [0.2, 0.25) is 0 Å². The summed E-state index contributed by atoms with van der Waals surface area (Å²) in [7, 11) is 0. The summed E-state index contributed by atoms with van der Waals surface area (Å²) in [5, 5.41) is 0. The van der Waals surface area contributed by atoms with Gasteiger partial charge in [0.1, 0.15) is 11.6 Å². The van der Waals surface area contributed by atoms with Crippen molar-refractivity contribution in [2.24, 2.45) is 0 Å². The standard InChI is InChI=1S/C15H13F2/c1-2-4-11-7-9-12(10-8-11)15-13(16)5-3-6-14(15)17/h3,5,7-10H,2,4H2,1H3. The van der Waals surface area contributed by atoms with E-state index in [1.807, 2.05) is 12.1 Å². The molecular formula is C15H13F2. The van der Waals surface area contributed by atoms with Crippen molar-refractivity contribution in [3.8, 4) is 11.1 Å². The van der Waals surface area contributed by atoms with Crippen molar-refractivity contribution < 1.29 is 8.78 Å². The molecule has 87 valence electrons. The third-order valence-corrected chi connectivity index (χ3v) is 2.68. The van der Waals surface area contributed by atoms with Crippen LogP contribution in [-0.4, -0.2) is 0 Å². The van der Waals surface area contributed by atoms with Crippen molar-refractivity contribution >= 4 is 0 Å². The zero-order valence-corrected chi connectivity index (χ0v) is 9.63. The van der Waals surface area contributed by atoms with Crippen molar-refractivity contribution in [1.82, 2.24) is 0 Å². The number of aryl methyl sites for hydroxylation is 1. The van der Waals surface area contributed by atoms with Gasteiger partial charge in [-0.25, -0.2) is 8.78 Å². The Balaban J connectivity index is 2.40. The number of hydrogen-bond donors (Lipinski definition) is 0. The normalized spacial score (nSPS) is 10.5. The van der Waals surface area contributed by atoms with Gasteiger partial charge in [0.25, 0.3) is 0 Å². The molecule has 0 nitrogen and oxygen atoms in total. The minimum absolute atomic E-state index is 0.00412. The van der Waals surface area contributed by atoms with Gasteiger partial charge in [0.2, 0.25) is 0 Å². The van der Waals surface area contributed by atoms with E-state index in [2.05, 4.69) is 13.0 Å². The Morgan fingerprint density at radius 3 is 2.35 bits per heavy atom. The topological polar surface area (TPSA) is 0 Å². The van der Waals surface area contributed by atoms with Crippen molar-refractivity contribution in [1.29, 1.82) is 0 Å². The highest BCUT2D eigenvalue weighted by molar-refractivity contribution is 5.64. The van der Waals surface area contributed by atoms with E-state index in [0.29, 0.717) is 5.56 Å². The van der Waals surface area contributed by atoms with E-state index in [1.54, 1.807) is 12.1 Å². The fourth-order valence-corrected chi connectivity index (χ4v) is 1.84. The van der Waals surface area contributed by atoms with E-state index in [9.17, 15) is 8.78 Å². The first-order valence-electron chi connectivity index (χ1n) is 5.67. The van der Waals surface area contributed by atoms with E-state index in [1.165, 1.54) is 17.7 Å². The van der Waals surface area contributed by atoms with Crippen molar-refractivity contribution in [2.45, 2.75) is 19.8 Å². The molecule has 1 radical (unpaired) electrons. The molecule has 0 fully saturated rings. The number of hydrogen-bond acceptors (Lipinski definition) is 0. The van der Waals surface area contributed by atoms with Crippen LogP contribution in [0.4, 0.5) is 8.78 Å². The van der Waals surface area contributed by atoms with Gasteiger partial charge in [-0.15, -0.1) is 0 Å². The van der Waals surface area contributed by atoms with E-state index in [-0.39, 0.29) is 5.56 Å². The summed E-state index contributed by atoms with van der Waals surface area (Å²) < 4.78 is 27.0. The molecular weight excluding hydrogens is 218 g/mol. The van der Waals surface area contributed by atoms with Crippen LogP contribution in [-0.2, 0) is 6.42 Å². The average Bonchev–Trinajstić information content (AvgIpc) is 2.31. The highest BCUT2D eigenvalue weighted by Gasteiger charge is 2.10. The van der Waals surface area contributed by atoms with Crippen molar-refractivity contribution in [2.75, 3.05) is 0 Å². The molecule has 0 spiro atoms. The number of benzene rings is 2. The van der Waals surface area contributed by atoms with Gasteiger partial charge < -0.3 is 0 Å². The maximum atomic E-state index is 13.5. The summed E-state index contributed by atoms with van der Waals surface area (Å²) in [5.41, 5.74) is 1.73. The molecule has 0 unspecified atom stereocenters. The maximum Gasteiger partial charge on any atom is 0.141 e. The zero-order valence-electron chi connectivity index (χ0n) is 9.63. The van der Waals surface area contributed by atoms with Gasteiger partial charge in [-0.1, -0.05) is 37.6 Å². The quantitative estimate of drug-likeness (QED) is 0.735. The Kier molecular flexibility index (Phi) is 3.52. The molecule has 2 rings (SSSR count). The summed E-state index contributed by atoms with van der Waals surface area (Å²) in [5.74, 6) is -1.20. The zero-order chi connectivity index (χ0) is 12.3. The van der Waals surface area contributed by atoms with Gasteiger partial charge in [-0.2, -0.15) is 0 Å². The average molecular weight is 231 g/mol. The smallest absolute Gasteiger partial charge is 0.141 e. The Hall–Kier alpha value is -1.70. The molecule has 0 aromatic heterocycles. The first kappa shape index (κ1) is 11.8. The van der Waals surface area contributed by atoms with E-state index in [0.717, 1.165) is 12.8 Å². The minimum atomic E-state index is -0.645. The second-order valence-electron chi connectivity index (χ2n) is 3.96. The lowest BCUT2D eigenvalue weighted by molar-refractivity contribution is 0.588. The van der Waals surface area contributed by atoms with E-state index >= 15 is 0 Å². The first-order chi connectivity index (χ1) is 8.22. The lowest BCUT2D eigenvalue weighted by atomic mass is 10.0. The van der Waals surface area contributed by atoms with Gasteiger partial charge in [0, 0.05) is 6.07 Å². The highest BCUT2D eigenvalue weighted by atomic mass is 19.1. The number of rotatable bonds is 3. The van der Waals surface area contributed by atoms with Gasteiger partial charge in [-0.05, 0) is 29.7 Å².